The van der Waals surface area contributed by atoms with Crippen LogP contribution in [0.2, 0.25) is 6.55 Å². The number of benzene rings is 3. The molecule has 5 heteroatoms. The highest BCUT2D eigenvalue weighted by atomic mass is 79.9. The molecule has 0 unspecified atom stereocenters. The van der Waals surface area contributed by atoms with Crippen LogP contribution in [0.5, 0.6) is 0 Å². The third kappa shape index (κ3) is 3.36. The number of carboxylic acids is 1. The molecule has 0 aromatic heterocycles. The van der Waals surface area contributed by atoms with Crippen LogP contribution in [-0.4, -0.2) is 19.1 Å². The first-order valence-electron chi connectivity index (χ1n) is 7.78. The number of halogens is 2. The Hall–Kier alpha value is -1.69. The zero-order chi connectivity index (χ0) is 18.0. The van der Waals surface area contributed by atoms with E-state index < -0.39 is 14.0 Å². The molecule has 3 aromatic rings. The van der Waals surface area contributed by atoms with E-state index in [1.54, 1.807) is 0 Å². The van der Waals surface area contributed by atoms with Crippen molar-refractivity contribution in [2.24, 2.45) is 0 Å². The topological polar surface area (TPSA) is 37.3 Å². The van der Waals surface area contributed by atoms with E-state index in [1.165, 1.54) is 10.4 Å². The van der Waals surface area contributed by atoms with Crippen molar-refractivity contribution in [3.63, 3.8) is 0 Å². The van der Waals surface area contributed by atoms with E-state index in [0.717, 1.165) is 5.19 Å². The van der Waals surface area contributed by atoms with E-state index >= 15 is 0 Å². The fourth-order valence-corrected chi connectivity index (χ4v) is 8.64. The normalized spacial score (nSPS) is 11.3. The second-order valence-corrected chi connectivity index (χ2v) is 11.7. The summed E-state index contributed by atoms with van der Waals surface area (Å²) in [5.74, 6) is -0.951. The molecule has 126 valence electrons. The summed E-state index contributed by atoms with van der Waals surface area (Å²) in [6.07, 6.45) is 0. The molecule has 0 aliphatic heterocycles. The minimum atomic E-state index is -2.25. The zero-order valence-electron chi connectivity index (χ0n) is 13.5. The van der Waals surface area contributed by atoms with E-state index in [2.05, 4.69) is 86.9 Å². The minimum absolute atomic E-state index is 0.251. The van der Waals surface area contributed by atoms with Crippen molar-refractivity contribution in [3.8, 4) is 0 Å². The Bertz CT molecular complexity index is 849. The van der Waals surface area contributed by atoms with Crippen molar-refractivity contribution in [1.29, 1.82) is 0 Å². The molecule has 25 heavy (non-hydrogen) atoms. The molecule has 0 fully saturated rings. The molecule has 0 saturated heterocycles. The Morgan fingerprint density at radius 1 is 0.800 bits per heavy atom. The highest BCUT2D eigenvalue weighted by Crippen LogP contribution is 2.25. The van der Waals surface area contributed by atoms with Gasteiger partial charge in [0.15, 0.2) is 0 Å². The van der Waals surface area contributed by atoms with E-state index in [0.29, 0.717) is 8.95 Å². The summed E-state index contributed by atoms with van der Waals surface area (Å²) in [5.41, 5.74) is 0.251. The smallest absolute Gasteiger partial charge is 0.337 e. The molecular formula is C20H16Br2O2Si. The molecule has 0 atom stereocenters. The van der Waals surface area contributed by atoms with Crippen molar-refractivity contribution in [2.75, 3.05) is 0 Å². The van der Waals surface area contributed by atoms with Crippen LogP contribution >= 0.6 is 31.9 Å². The molecule has 0 bridgehead atoms. The van der Waals surface area contributed by atoms with Gasteiger partial charge in [-0.25, -0.2) is 4.79 Å². The minimum Gasteiger partial charge on any atom is -0.478 e. The van der Waals surface area contributed by atoms with Crippen LogP contribution in [-0.2, 0) is 0 Å². The highest BCUT2D eigenvalue weighted by molar-refractivity contribution is 9.11. The van der Waals surface area contributed by atoms with Crippen LogP contribution in [0.4, 0.5) is 0 Å². The molecule has 3 aromatic carbocycles. The van der Waals surface area contributed by atoms with Gasteiger partial charge >= 0.3 is 5.97 Å². The summed E-state index contributed by atoms with van der Waals surface area (Å²) in [4.78, 5) is 11.5. The number of hydrogen-bond donors (Lipinski definition) is 1. The molecule has 0 amide bonds. The van der Waals surface area contributed by atoms with Gasteiger partial charge < -0.3 is 5.11 Å². The number of aromatic carboxylic acids is 1. The van der Waals surface area contributed by atoms with Crippen molar-refractivity contribution >= 4 is 61.5 Å². The van der Waals surface area contributed by atoms with Gasteiger partial charge in [-0.3, -0.25) is 0 Å². The quantitative estimate of drug-likeness (QED) is 0.457. The number of carbonyl (C=O) groups is 1. The largest absolute Gasteiger partial charge is 0.478 e. The Morgan fingerprint density at radius 2 is 1.20 bits per heavy atom. The predicted molar refractivity (Wildman–Crippen MR) is 112 cm³/mol. The summed E-state index contributed by atoms with van der Waals surface area (Å²) >= 11 is 6.90. The van der Waals surface area contributed by atoms with Gasteiger partial charge in [-0.2, -0.15) is 0 Å². The summed E-state index contributed by atoms with van der Waals surface area (Å²) in [7, 11) is -2.25. The lowest BCUT2D eigenvalue weighted by molar-refractivity contribution is 0.0695. The van der Waals surface area contributed by atoms with Gasteiger partial charge in [0.2, 0.25) is 0 Å². The molecule has 0 spiro atoms. The molecule has 0 aliphatic rings. The molecule has 0 radical (unpaired) electrons. The predicted octanol–water partition coefficient (Wildman–Crippen LogP) is 4.01. The van der Waals surface area contributed by atoms with Crippen molar-refractivity contribution in [3.05, 3.63) is 87.3 Å². The van der Waals surface area contributed by atoms with Crippen molar-refractivity contribution < 1.29 is 9.90 Å². The van der Waals surface area contributed by atoms with Crippen LogP contribution in [0, 0.1) is 0 Å². The summed E-state index contributed by atoms with van der Waals surface area (Å²) in [6, 6.07) is 24.8. The van der Waals surface area contributed by atoms with Crippen molar-refractivity contribution in [2.45, 2.75) is 6.55 Å². The third-order valence-electron chi connectivity index (χ3n) is 4.54. The van der Waals surface area contributed by atoms with Gasteiger partial charge in [-0.15, -0.1) is 0 Å². The SMILES string of the molecule is C[Si](c1ccccc1)(c1ccccc1)c1cc(Br)c(C(=O)O)c(Br)c1. The molecule has 1 N–H and O–H groups in total. The standard InChI is InChI=1S/C20H16Br2O2Si/c1-25(14-8-4-2-5-9-14,15-10-6-3-7-11-15)16-12-17(21)19(20(23)24)18(22)13-16/h2-13H,1H3,(H,23,24). The second kappa shape index (κ2) is 7.28. The zero-order valence-corrected chi connectivity index (χ0v) is 17.7. The lowest BCUT2D eigenvalue weighted by Crippen LogP contribution is -2.64. The van der Waals surface area contributed by atoms with E-state index in [4.69, 9.17) is 0 Å². The second-order valence-electron chi connectivity index (χ2n) is 5.98. The molecule has 0 saturated carbocycles. The lowest BCUT2D eigenvalue weighted by Gasteiger charge is -2.30. The fourth-order valence-electron chi connectivity index (χ4n) is 3.11. The van der Waals surface area contributed by atoms with Crippen molar-refractivity contribution in [1.82, 2.24) is 0 Å². The van der Waals surface area contributed by atoms with E-state index in [-0.39, 0.29) is 5.56 Å². The molecule has 0 aliphatic carbocycles. The molecule has 3 rings (SSSR count). The fraction of sp³-hybridized carbons (Fsp3) is 0.0500. The van der Waals surface area contributed by atoms with Crippen LogP contribution in [0.1, 0.15) is 10.4 Å². The van der Waals surface area contributed by atoms with Gasteiger partial charge in [-0.1, -0.05) is 67.2 Å². The highest BCUT2D eigenvalue weighted by Gasteiger charge is 2.35. The Balaban J connectivity index is 2.29. The Kier molecular flexibility index (Phi) is 5.27. The summed E-state index contributed by atoms with van der Waals surface area (Å²) in [5, 5.41) is 13.1. The van der Waals surface area contributed by atoms with E-state index in [1.807, 2.05) is 24.3 Å². The maximum absolute atomic E-state index is 11.5. The van der Waals surface area contributed by atoms with Gasteiger partial charge in [-0.05, 0) is 59.6 Å². The van der Waals surface area contributed by atoms with Crippen LogP contribution in [0.25, 0.3) is 0 Å². The Morgan fingerprint density at radius 3 is 1.56 bits per heavy atom. The van der Waals surface area contributed by atoms with Crippen LogP contribution in [0.15, 0.2) is 81.7 Å². The average molecular weight is 476 g/mol. The first-order chi connectivity index (χ1) is 11.9. The van der Waals surface area contributed by atoms with Gasteiger partial charge in [0.05, 0.1) is 5.56 Å². The molecule has 0 heterocycles. The van der Waals surface area contributed by atoms with Gasteiger partial charge in [0.1, 0.15) is 8.07 Å². The first-order valence-corrected chi connectivity index (χ1v) is 11.9. The van der Waals surface area contributed by atoms with Gasteiger partial charge in [0.25, 0.3) is 0 Å². The van der Waals surface area contributed by atoms with Gasteiger partial charge in [0, 0.05) is 8.95 Å². The van der Waals surface area contributed by atoms with Crippen LogP contribution in [0.3, 0.4) is 0 Å². The number of carboxylic acid groups (broad SMARTS) is 1. The average Bonchev–Trinajstić information content (AvgIpc) is 2.61. The maximum atomic E-state index is 11.5. The first kappa shape index (κ1) is 18.1. The molecule has 2 nitrogen and oxygen atoms in total. The number of hydrogen-bond acceptors (Lipinski definition) is 1. The molecular weight excluding hydrogens is 460 g/mol. The summed E-state index contributed by atoms with van der Waals surface area (Å²) < 4.78 is 1.19. The Labute approximate surface area is 164 Å². The van der Waals surface area contributed by atoms with E-state index in [9.17, 15) is 9.90 Å². The van der Waals surface area contributed by atoms with Crippen LogP contribution < -0.4 is 15.6 Å². The maximum Gasteiger partial charge on any atom is 0.337 e. The summed E-state index contributed by atoms with van der Waals surface area (Å²) in [6.45, 7) is 2.30. The lowest BCUT2D eigenvalue weighted by atomic mass is 10.2. The third-order valence-corrected chi connectivity index (χ3v) is 10.2. The monoisotopic (exact) mass is 474 g/mol. The number of rotatable bonds is 4.